The first-order valence-corrected chi connectivity index (χ1v) is 19.3. The molecule has 0 fully saturated rings. The van der Waals surface area contributed by atoms with E-state index in [9.17, 15) is 19.2 Å². The number of rotatable bonds is 12. The molecule has 11 heteroatoms. The summed E-state index contributed by atoms with van der Waals surface area (Å²) in [6.45, 7) is 3.80. The lowest BCUT2D eigenvalue weighted by Gasteiger charge is -2.23. The number of thioether (sulfide) groups is 1. The van der Waals surface area contributed by atoms with E-state index in [0.717, 1.165) is 34.6 Å². The fraction of sp³-hybridized carbons (Fsp3) is 0.190. The molecule has 2 unspecified atom stereocenters. The van der Waals surface area contributed by atoms with Crippen LogP contribution in [0, 0.1) is 0 Å². The third-order valence-corrected chi connectivity index (χ3v) is 11.3. The molecular formula is C42H38ClN3O5S2. The maximum Gasteiger partial charge on any atom is 0.341 e. The predicted molar refractivity (Wildman–Crippen MR) is 214 cm³/mol. The van der Waals surface area contributed by atoms with Gasteiger partial charge in [-0.2, -0.15) is 0 Å². The number of anilines is 2. The first-order valence-electron chi connectivity index (χ1n) is 17.3. The van der Waals surface area contributed by atoms with Crippen molar-refractivity contribution in [3.05, 3.63) is 153 Å². The van der Waals surface area contributed by atoms with E-state index in [1.807, 2.05) is 24.3 Å². The molecule has 0 saturated heterocycles. The molecule has 1 heterocycles. The molecule has 1 aliphatic carbocycles. The fourth-order valence-electron chi connectivity index (χ4n) is 6.09. The summed E-state index contributed by atoms with van der Waals surface area (Å²) in [7, 11) is 0. The predicted octanol–water partition coefficient (Wildman–Crippen LogP) is 9.38. The number of carbonyl (C=O) groups is 4. The largest absolute Gasteiger partial charge is 0.462 e. The first-order chi connectivity index (χ1) is 25.7. The van der Waals surface area contributed by atoms with Crippen molar-refractivity contribution in [3.63, 3.8) is 0 Å². The molecule has 0 radical (unpaired) electrons. The van der Waals surface area contributed by atoms with Crippen molar-refractivity contribution in [2.24, 2.45) is 0 Å². The molecule has 8 nitrogen and oxygen atoms in total. The Morgan fingerprint density at radius 3 is 2.36 bits per heavy atom. The Morgan fingerprint density at radius 2 is 1.64 bits per heavy atom. The van der Waals surface area contributed by atoms with E-state index in [-0.39, 0.29) is 18.2 Å². The van der Waals surface area contributed by atoms with Gasteiger partial charge in [0.1, 0.15) is 10.7 Å². The average Bonchev–Trinajstić information content (AvgIpc) is 3.53. The van der Waals surface area contributed by atoms with Crippen LogP contribution < -0.4 is 16.0 Å². The highest BCUT2D eigenvalue weighted by Crippen LogP contribution is 2.43. The van der Waals surface area contributed by atoms with Gasteiger partial charge in [-0.1, -0.05) is 78.3 Å². The van der Waals surface area contributed by atoms with Gasteiger partial charge < -0.3 is 20.7 Å². The normalized spacial score (nSPS) is 14.4. The van der Waals surface area contributed by atoms with E-state index in [2.05, 4.69) is 28.1 Å². The van der Waals surface area contributed by atoms with Gasteiger partial charge in [-0.05, 0) is 104 Å². The molecule has 5 aromatic rings. The molecule has 0 spiro atoms. The van der Waals surface area contributed by atoms with Crippen LogP contribution in [0.4, 0.5) is 10.7 Å². The lowest BCUT2D eigenvalue weighted by Crippen LogP contribution is -2.30. The second-order valence-electron chi connectivity index (χ2n) is 12.4. The van der Waals surface area contributed by atoms with E-state index in [1.54, 1.807) is 92.7 Å². The van der Waals surface area contributed by atoms with Crippen molar-refractivity contribution in [2.75, 3.05) is 17.2 Å². The van der Waals surface area contributed by atoms with Crippen molar-refractivity contribution in [2.45, 2.75) is 49.2 Å². The molecule has 270 valence electrons. The van der Waals surface area contributed by atoms with Crippen molar-refractivity contribution < 1.29 is 23.9 Å². The van der Waals surface area contributed by atoms with Crippen molar-refractivity contribution in [1.82, 2.24) is 5.32 Å². The smallest absolute Gasteiger partial charge is 0.341 e. The summed E-state index contributed by atoms with van der Waals surface area (Å²) in [6, 6.07) is 33.0. The molecule has 3 N–H and O–H groups in total. The summed E-state index contributed by atoms with van der Waals surface area (Å²) >= 11 is 8.82. The second kappa shape index (κ2) is 17.6. The molecule has 0 saturated carbocycles. The first kappa shape index (κ1) is 37.6. The van der Waals surface area contributed by atoms with Crippen molar-refractivity contribution in [1.29, 1.82) is 0 Å². The molecule has 4 aromatic carbocycles. The Labute approximate surface area is 322 Å². The van der Waals surface area contributed by atoms with Gasteiger partial charge in [0, 0.05) is 26.0 Å². The summed E-state index contributed by atoms with van der Waals surface area (Å²) in [5.74, 6) is -1.30. The van der Waals surface area contributed by atoms with Crippen LogP contribution in [0.5, 0.6) is 0 Å². The SMILES string of the molecule is CCOC(=O)c1c(NC(=O)C(C)Sc2cccc(NC(=O)/C(=C/c3ccc(Cl)cc3)NC(=O)c3ccccc3)c2)sc2c1CCC(c1ccccc1)C2. The number of benzene rings is 4. The number of halogens is 1. The molecule has 6 rings (SSSR count). The Hall–Kier alpha value is -5.16. The highest BCUT2D eigenvalue weighted by atomic mass is 35.5. The number of carbonyl (C=O) groups excluding carboxylic acids is 4. The zero-order valence-electron chi connectivity index (χ0n) is 29.2. The van der Waals surface area contributed by atoms with Gasteiger partial charge in [-0.25, -0.2) is 4.79 Å². The number of ether oxygens (including phenoxy) is 1. The maximum atomic E-state index is 13.6. The van der Waals surface area contributed by atoms with E-state index in [4.69, 9.17) is 16.3 Å². The van der Waals surface area contributed by atoms with Gasteiger partial charge >= 0.3 is 5.97 Å². The van der Waals surface area contributed by atoms with E-state index in [1.165, 1.54) is 28.7 Å². The highest BCUT2D eigenvalue weighted by Gasteiger charge is 2.31. The number of hydrogen-bond acceptors (Lipinski definition) is 7. The monoisotopic (exact) mass is 763 g/mol. The van der Waals surface area contributed by atoms with Gasteiger partial charge in [-0.3, -0.25) is 14.4 Å². The summed E-state index contributed by atoms with van der Waals surface area (Å²) in [6.07, 6.45) is 4.00. The lowest BCUT2D eigenvalue weighted by molar-refractivity contribution is -0.115. The average molecular weight is 764 g/mol. The van der Waals surface area contributed by atoms with Crippen molar-refractivity contribution in [3.8, 4) is 0 Å². The molecule has 2 atom stereocenters. The quantitative estimate of drug-likeness (QED) is 0.0663. The number of nitrogens with one attached hydrogen (secondary N) is 3. The Balaban J connectivity index is 1.15. The minimum Gasteiger partial charge on any atom is -0.462 e. The molecular weight excluding hydrogens is 726 g/mol. The van der Waals surface area contributed by atoms with Gasteiger partial charge in [-0.15, -0.1) is 23.1 Å². The van der Waals surface area contributed by atoms with Crippen LogP contribution in [0.1, 0.15) is 68.5 Å². The molecule has 53 heavy (non-hydrogen) atoms. The van der Waals surface area contributed by atoms with Gasteiger partial charge in [0.05, 0.1) is 17.4 Å². The summed E-state index contributed by atoms with van der Waals surface area (Å²) in [5.41, 5.74) is 4.28. The van der Waals surface area contributed by atoms with Crippen molar-refractivity contribution >= 4 is 75.2 Å². The minimum absolute atomic E-state index is 0.0399. The highest BCUT2D eigenvalue weighted by molar-refractivity contribution is 8.00. The molecule has 3 amide bonds. The van der Waals surface area contributed by atoms with Crippen LogP contribution >= 0.6 is 34.7 Å². The zero-order chi connectivity index (χ0) is 37.3. The van der Waals surface area contributed by atoms with Gasteiger partial charge in [0.25, 0.3) is 11.8 Å². The van der Waals surface area contributed by atoms with Gasteiger partial charge in [0.15, 0.2) is 0 Å². The Bertz CT molecular complexity index is 2140. The summed E-state index contributed by atoms with van der Waals surface area (Å²) < 4.78 is 5.43. The second-order valence-corrected chi connectivity index (χ2v) is 15.4. The maximum absolute atomic E-state index is 13.6. The molecule has 0 bridgehead atoms. The third kappa shape index (κ3) is 9.64. The van der Waals surface area contributed by atoms with Crippen LogP contribution in [-0.4, -0.2) is 35.5 Å². The number of hydrogen-bond donors (Lipinski definition) is 3. The van der Waals surface area contributed by atoms with Crippen LogP contribution in [0.2, 0.25) is 5.02 Å². The zero-order valence-corrected chi connectivity index (χ0v) is 31.6. The molecule has 1 aromatic heterocycles. The summed E-state index contributed by atoms with van der Waals surface area (Å²) in [5, 5.41) is 9.16. The third-order valence-electron chi connectivity index (χ3n) is 8.74. The number of thiophene rings is 1. The van der Waals surface area contributed by atoms with Crippen LogP contribution in [0.15, 0.2) is 120 Å². The lowest BCUT2D eigenvalue weighted by atomic mass is 9.83. The topological polar surface area (TPSA) is 114 Å². The summed E-state index contributed by atoms with van der Waals surface area (Å²) in [4.78, 5) is 55.2. The fourth-order valence-corrected chi connectivity index (χ4v) is 8.46. The molecule has 0 aliphatic heterocycles. The van der Waals surface area contributed by atoms with E-state index < -0.39 is 23.0 Å². The Morgan fingerprint density at radius 1 is 0.925 bits per heavy atom. The van der Waals surface area contributed by atoms with E-state index in [0.29, 0.717) is 38.3 Å². The Kier molecular flexibility index (Phi) is 12.5. The number of esters is 1. The van der Waals surface area contributed by atoms with Crippen LogP contribution in [-0.2, 0) is 27.2 Å². The van der Waals surface area contributed by atoms with Gasteiger partial charge in [0.2, 0.25) is 5.91 Å². The van der Waals surface area contributed by atoms with E-state index >= 15 is 0 Å². The van der Waals surface area contributed by atoms with Crippen LogP contribution in [0.3, 0.4) is 0 Å². The number of amides is 3. The number of fused-ring (bicyclic) bond motifs is 1. The standard InChI is InChI=1S/C42H38ClN3O5S2/c1-3-51-42(50)37-34-22-19-30(28-11-6-4-7-12-28)24-36(34)53-41(37)46-38(47)26(2)52-33-16-10-15-32(25-33)44-40(49)35(23-27-17-20-31(43)21-18-27)45-39(48)29-13-8-5-9-14-29/h4-18,20-21,23,25-26,30H,3,19,22,24H2,1-2H3,(H,44,49)(H,45,48)(H,46,47)/b35-23-. The minimum atomic E-state index is -0.544. The molecule has 1 aliphatic rings. The van der Waals surface area contributed by atoms with Crippen LogP contribution in [0.25, 0.3) is 6.08 Å².